The third kappa shape index (κ3) is 4.13. The summed E-state index contributed by atoms with van der Waals surface area (Å²) in [5.41, 5.74) is 6.02. The van der Waals surface area contributed by atoms with Gasteiger partial charge in [-0.1, -0.05) is 0 Å². The largest absolute Gasteiger partial charge is 1.00 e. The van der Waals surface area contributed by atoms with Crippen LogP contribution >= 0.6 is 0 Å². The maximum Gasteiger partial charge on any atom is -0.106 e. The Morgan fingerprint density at radius 1 is 0.750 bits per heavy atom. The number of hydrogen-bond acceptors (Lipinski definition) is 0. The van der Waals surface area contributed by atoms with Crippen LogP contribution < -0.4 is 24.8 Å². The van der Waals surface area contributed by atoms with Crippen LogP contribution in [0.5, 0.6) is 0 Å². The van der Waals surface area contributed by atoms with Crippen molar-refractivity contribution >= 4 is 12.2 Å². The molecule has 141 valence electrons. The van der Waals surface area contributed by atoms with Crippen LogP contribution in [0.25, 0.3) is 12.2 Å². The fourth-order valence-corrected chi connectivity index (χ4v) is 17.3. The van der Waals surface area contributed by atoms with Crippen molar-refractivity contribution in [2.45, 2.75) is 13.8 Å². The van der Waals surface area contributed by atoms with Gasteiger partial charge in [-0.3, -0.25) is 0 Å². The van der Waals surface area contributed by atoms with Crippen molar-refractivity contribution in [2.24, 2.45) is 0 Å². The third-order valence-electron chi connectivity index (χ3n) is 5.41. The molecule has 28 heavy (non-hydrogen) atoms. The number of halogens is 2. The average Bonchev–Trinajstić information content (AvgIpc) is 3.45. The predicted octanol–water partition coefficient (Wildman–Crippen LogP) is 0.795. The second kappa shape index (κ2) is 10.4. The fourth-order valence-electron chi connectivity index (χ4n) is 4.30. The summed E-state index contributed by atoms with van der Waals surface area (Å²) in [5, 5.41) is 0. The van der Waals surface area contributed by atoms with E-state index in [2.05, 4.69) is 104 Å². The summed E-state index contributed by atoms with van der Waals surface area (Å²) in [4.78, 5) is 0. The van der Waals surface area contributed by atoms with Crippen molar-refractivity contribution in [3.63, 3.8) is 0 Å². The molecule has 0 amide bonds. The molecule has 3 aliphatic carbocycles. The maximum absolute atomic E-state index is 3.00. The Kier molecular flexibility index (Phi) is 8.49. The molecule has 0 radical (unpaired) electrons. The molecule has 0 aromatic heterocycles. The standard InChI is InChI=1S/2C9H7.C5H5.C2H4.2ClH.Hf/c2*1-2-5-9-7-3-6-8(9)4-1;1-2-4-5-3-1;1-2;;;/h2*1-7H;1-3H,4H2;1-2H2;2*1H;/q;;;;;;+2/p-2. The first-order valence-electron chi connectivity index (χ1n) is 9.19. The molecule has 0 saturated heterocycles. The quantitative estimate of drug-likeness (QED) is 0.377. The minimum atomic E-state index is -2.17. The topological polar surface area (TPSA) is 0 Å². The Balaban J connectivity index is 0.000000680. The van der Waals surface area contributed by atoms with Crippen LogP contribution in [0.4, 0.5) is 0 Å². The molecule has 0 bridgehead atoms. The van der Waals surface area contributed by atoms with Crippen molar-refractivity contribution in [3.05, 3.63) is 118 Å². The molecule has 0 heterocycles. The van der Waals surface area contributed by atoms with E-state index >= 15 is 0 Å². The number of fused-ring (bicyclic) bond motifs is 2. The second-order valence-corrected chi connectivity index (χ2v) is 16.8. The van der Waals surface area contributed by atoms with Crippen LogP contribution in [-0.4, -0.2) is 0 Å². The van der Waals surface area contributed by atoms with E-state index in [0.29, 0.717) is 7.35 Å². The van der Waals surface area contributed by atoms with E-state index in [0.717, 1.165) is 0 Å². The summed E-state index contributed by atoms with van der Waals surface area (Å²) in [7, 11) is 0. The molecule has 0 spiro atoms. The first-order chi connectivity index (χ1) is 12.9. The summed E-state index contributed by atoms with van der Waals surface area (Å²) in [6, 6.07) is 18.0. The van der Waals surface area contributed by atoms with Gasteiger partial charge in [-0.05, 0) is 0 Å². The Morgan fingerprint density at radius 3 is 1.71 bits per heavy atom. The van der Waals surface area contributed by atoms with Crippen molar-refractivity contribution in [3.8, 4) is 0 Å². The zero-order valence-electron chi connectivity index (χ0n) is 15.7. The van der Waals surface area contributed by atoms with Gasteiger partial charge in [0.05, 0.1) is 0 Å². The van der Waals surface area contributed by atoms with Crippen LogP contribution in [0.2, 0.25) is 0 Å². The van der Waals surface area contributed by atoms with Gasteiger partial charge in [0.25, 0.3) is 0 Å². The van der Waals surface area contributed by atoms with Gasteiger partial charge in [0.2, 0.25) is 0 Å². The summed E-state index contributed by atoms with van der Waals surface area (Å²) in [6.07, 6.45) is 18.0. The van der Waals surface area contributed by atoms with Gasteiger partial charge in [-0.2, -0.15) is 0 Å². The van der Waals surface area contributed by atoms with Gasteiger partial charge in [0, 0.05) is 0 Å². The van der Waals surface area contributed by atoms with Crippen LogP contribution in [0.1, 0.15) is 36.0 Å². The zero-order chi connectivity index (χ0) is 17.9. The maximum atomic E-state index is 3.00. The Hall–Kier alpha value is -1.41. The van der Waals surface area contributed by atoms with Gasteiger partial charge >= 0.3 is 152 Å². The molecule has 3 heteroatoms. The fraction of sp³-hybridized carbons (Fsp3) is 0.120. The molecular weight excluding hydrogens is 550 g/mol. The van der Waals surface area contributed by atoms with Gasteiger partial charge in [0.1, 0.15) is 0 Å². The molecule has 2 aromatic carbocycles. The van der Waals surface area contributed by atoms with Gasteiger partial charge in [-0.25, -0.2) is 0 Å². The van der Waals surface area contributed by atoms with E-state index in [9.17, 15) is 0 Å². The molecule has 2 atom stereocenters. The average molecular weight is 573 g/mol. The first-order valence-corrected chi connectivity index (χ1v) is 15.1. The van der Waals surface area contributed by atoms with Crippen LogP contribution in [0, 0.1) is 0 Å². The third-order valence-corrected chi connectivity index (χ3v) is 17.8. The second-order valence-electron chi connectivity index (χ2n) is 6.71. The molecule has 5 rings (SSSR count). The van der Waals surface area contributed by atoms with E-state index in [1.54, 1.807) is 14.5 Å². The normalized spacial score (nSPS) is 19.5. The molecule has 0 fully saturated rings. The van der Waals surface area contributed by atoms with Gasteiger partial charge in [-0.15, -0.1) is 13.2 Å². The summed E-state index contributed by atoms with van der Waals surface area (Å²) in [5.74, 6) is 0. The van der Waals surface area contributed by atoms with Crippen LogP contribution in [0.3, 0.4) is 0 Å². The van der Waals surface area contributed by atoms with Crippen molar-refractivity contribution in [2.75, 3.05) is 0 Å². The van der Waals surface area contributed by atoms with E-state index in [-0.39, 0.29) is 24.8 Å². The molecule has 2 unspecified atom stereocenters. The number of rotatable bonds is 3. The van der Waals surface area contributed by atoms with Crippen LogP contribution in [-0.2, 0) is 21.4 Å². The van der Waals surface area contributed by atoms with E-state index in [4.69, 9.17) is 0 Å². The Labute approximate surface area is 188 Å². The Morgan fingerprint density at radius 2 is 1.25 bits per heavy atom. The van der Waals surface area contributed by atoms with Crippen molar-refractivity contribution < 1.29 is 46.3 Å². The molecular formula is C25H23Cl2Hf. The summed E-state index contributed by atoms with van der Waals surface area (Å²) < 4.78 is 3.13. The molecule has 0 N–H and O–H groups in total. The van der Waals surface area contributed by atoms with E-state index < -0.39 is 21.4 Å². The number of benzene rings is 2. The minimum Gasteiger partial charge on any atom is -1.00 e. The van der Waals surface area contributed by atoms with Crippen molar-refractivity contribution in [1.29, 1.82) is 0 Å². The molecule has 0 aliphatic heterocycles. The first kappa shape index (κ1) is 22.9. The summed E-state index contributed by atoms with van der Waals surface area (Å²) >= 11 is -2.17. The van der Waals surface area contributed by atoms with E-state index in [1.165, 1.54) is 17.5 Å². The Bertz CT molecular complexity index is 878. The molecule has 2 aromatic rings. The smallest absolute Gasteiger partial charge is 0.106 e. The molecule has 0 saturated carbocycles. The van der Waals surface area contributed by atoms with Gasteiger partial charge in [0.15, 0.2) is 0 Å². The predicted molar refractivity (Wildman–Crippen MR) is 110 cm³/mol. The molecule has 3 aliphatic rings. The van der Waals surface area contributed by atoms with E-state index in [1.807, 2.05) is 0 Å². The minimum absolute atomic E-state index is 0. The monoisotopic (exact) mass is 573 g/mol. The molecule has 0 nitrogen and oxygen atoms in total. The number of allylic oxidation sites excluding steroid dienone is 6. The number of hydrogen-bond donors (Lipinski definition) is 0. The van der Waals surface area contributed by atoms with Crippen molar-refractivity contribution in [1.82, 2.24) is 0 Å². The van der Waals surface area contributed by atoms with Crippen LogP contribution in [0.15, 0.2) is 95.4 Å². The summed E-state index contributed by atoms with van der Waals surface area (Å²) in [6.45, 7) is 6.00. The van der Waals surface area contributed by atoms with Gasteiger partial charge < -0.3 is 24.8 Å². The SMILES string of the molecule is C1=CC[C]([Hf+2]([CH]2C=Cc3ccccc32)[CH]2C=Cc3ccccc32)=C1.C=C.[Cl-].[Cl-]. The zero-order valence-corrected chi connectivity index (χ0v) is 20.8.